The van der Waals surface area contributed by atoms with Gasteiger partial charge in [0.15, 0.2) is 5.78 Å². The summed E-state index contributed by atoms with van der Waals surface area (Å²) in [7, 11) is 0. The van der Waals surface area contributed by atoms with Crippen LogP contribution in [0.25, 0.3) is 0 Å². The first kappa shape index (κ1) is 12.7. The second-order valence-electron chi connectivity index (χ2n) is 2.99. The molecule has 16 heavy (non-hydrogen) atoms. The molecule has 1 heterocycles. The molecule has 0 saturated heterocycles. The molecule has 0 atom stereocenters. The summed E-state index contributed by atoms with van der Waals surface area (Å²) in [4.78, 5) is 27.2. The van der Waals surface area contributed by atoms with Gasteiger partial charge in [0.25, 0.3) is 0 Å². The van der Waals surface area contributed by atoms with Crippen LogP contribution in [-0.2, 0) is 14.3 Å². The van der Waals surface area contributed by atoms with Crippen molar-refractivity contribution in [2.24, 2.45) is 0 Å². The summed E-state index contributed by atoms with van der Waals surface area (Å²) in [6.45, 7) is 2.03. The van der Waals surface area contributed by atoms with Crippen molar-refractivity contribution < 1.29 is 14.3 Å². The normalized spacial score (nSPS) is 9.81. The highest BCUT2D eigenvalue weighted by Crippen LogP contribution is 2.16. The van der Waals surface area contributed by atoms with Crippen LogP contribution in [0.4, 0.5) is 0 Å². The summed E-state index contributed by atoms with van der Waals surface area (Å²) in [5.41, 5.74) is 0. The SMILES string of the molecule is CCOC(=O)CC(=O)CSc1ccncc1. The fourth-order valence-electron chi connectivity index (χ4n) is 1.02. The summed E-state index contributed by atoms with van der Waals surface area (Å²) < 4.78 is 4.69. The van der Waals surface area contributed by atoms with E-state index in [2.05, 4.69) is 9.72 Å². The van der Waals surface area contributed by atoms with Gasteiger partial charge in [0.05, 0.1) is 12.4 Å². The Hall–Kier alpha value is -1.36. The van der Waals surface area contributed by atoms with Crippen molar-refractivity contribution in [1.82, 2.24) is 4.98 Å². The molecule has 0 unspecified atom stereocenters. The molecule has 86 valence electrons. The number of hydrogen-bond acceptors (Lipinski definition) is 5. The first-order chi connectivity index (χ1) is 7.72. The topological polar surface area (TPSA) is 56.3 Å². The van der Waals surface area contributed by atoms with E-state index in [4.69, 9.17) is 0 Å². The van der Waals surface area contributed by atoms with E-state index in [0.717, 1.165) is 4.90 Å². The Morgan fingerprint density at radius 1 is 1.38 bits per heavy atom. The lowest BCUT2D eigenvalue weighted by molar-refractivity contribution is -0.145. The highest BCUT2D eigenvalue weighted by atomic mass is 32.2. The van der Waals surface area contributed by atoms with Gasteiger partial charge in [-0.1, -0.05) is 0 Å². The lowest BCUT2D eigenvalue weighted by Gasteiger charge is -2.01. The molecule has 0 saturated carbocycles. The zero-order valence-corrected chi connectivity index (χ0v) is 9.83. The van der Waals surface area contributed by atoms with Crippen molar-refractivity contribution in [1.29, 1.82) is 0 Å². The minimum atomic E-state index is -0.456. The first-order valence-corrected chi connectivity index (χ1v) is 5.91. The van der Waals surface area contributed by atoms with E-state index in [1.165, 1.54) is 11.8 Å². The quantitative estimate of drug-likeness (QED) is 0.429. The monoisotopic (exact) mass is 239 g/mol. The standard InChI is InChI=1S/C11H13NO3S/c1-2-15-11(14)7-9(13)8-16-10-3-5-12-6-4-10/h3-6H,2,7-8H2,1H3. The zero-order chi connectivity index (χ0) is 11.8. The lowest BCUT2D eigenvalue weighted by atomic mass is 10.3. The average molecular weight is 239 g/mol. The van der Waals surface area contributed by atoms with E-state index < -0.39 is 5.97 Å². The molecule has 0 aliphatic rings. The van der Waals surface area contributed by atoms with Crippen LogP contribution < -0.4 is 0 Å². The van der Waals surface area contributed by atoms with Gasteiger partial charge >= 0.3 is 5.97 Å². The van der Waals surface area contributed by atoms with E-state index in [9.17, 15) is 9.59 Å². The molecule has 0 aromatic carbocycles. The molecular formula is C11H13NO3S. The number of ether oxygens (including phenoxy) is 1. The van der Waals surface area contributed by atoms with Crippen molar-refractivity contribution >= 4 is 23.5 Å². The fourth-order valence-corrected chi connectivity index (χ4v) is 1.77. The van der Waals surface area contributed by atoms with E-state index in [0.29, 0.717) is 6.61 Å². The van der Waals surface area contributed by atoms with Crippen molar-refractivity contribution in [3.8, 4) is 0 Å². The Bertz CT molecular complexity index is 354. The predicted octanol–water partition coefficient (Wildman–Crippen LogP) is 1.70. The van der Waals surface area contributed by atoms with Crippen molar-refractivity contribution in [3.05, 3.63) is 24.5 Å². The molecule has 5 heteroatoms. The smallest absolute Gasteiger partial charge is 0.313 e. The average Bonchev–Trinajstić information content (AvgIpc) is 2.28. The maximum absolute atomic E-state index is 11.4. The van der Waals surface area contributed by atoms with Crippen LogP contribution >= 0.6 is 11.8 Å². The molecule has 1 rings (SSSR count). The van der Waals surface area contributed by atoms with Crippen LogP contribution in [-0.4, -0.2) is 29.1 Å². The molecule has 0 amide bonds. The number of thioether (sulfide) groups is 1. The van der Waals surface area contributed by atoms with Crippen molar-refractivity contribution in [2.75, 3.05) is 12.4 Å². The number of rotatable bonds is 6. The molecule has 0 aliphatic heterocycles. The van der Waals surface area contributed by atoms with Crippen LogP contribution in [0, 0.1) is 0 Å². The number of Topliss-reactive ketones (excluding diaryl/α,β-unsaturated/α-hetero) is 1. The fraction of sp³-hybridized carbons (Fsp3) is 0.364. The number of ketones is 1. The van der Waals surface area contributed by atoms with Gasteiger partial charge in [0.2, 0.25) is 0 Å². The molecule has 0 aliphatic carbocycles. The van der Waals surface area contributed by atoms with Crippen LogP contribution in [0.3, 0.4) is 0 Å². The van der Waals surface area contributed by atoms with Gasteiger partial charge in [-0.3, -0.25) is 14.6 Å². The zero-order valence-electron chi connectivity index (χ0n) is 9.01. The highest BCUT2D eigenvalue weighted by molar-refractivity contribution is 8.00. The van der Waals surface area contributed by atoms with Gasteiger partial charge < -0.3 is 4.74 Å². The first-order valence-electron chi connectivity index (χ1n) is 4.92. The molecule has 0 radical (unpaired) electrons. The molecule has 1 aromatic heterocycles. The van der Waals surface area contributed by atoms with Gasteiger partial charge in [-0.2, -0.15) is 0 Å². The molecule has 1 aromatic rings. The summed E-state index contributed by atoms with van der Waals surface area (Å²) in [5.74, 6) is -0.300. The van der Waals surface area contributed by atoms with Gasteiger partial charge in [0, 0.05) is 17.3 Å². The molecule has 0 spiro atoms. The molecule has 0 N–H and O–H groups in total. The number of carbonyl (C=O) groups is 2. The second kappa shape index (κ2) is 7.00. The summed E-state index contributed by atoms with van der Waals surface area (Å²) in [6, 6.07) is 3.64. The lowest BCUT2D eigenvalue weighted by Crippen LogP contribution is -2.12. The number of esters is 1. The number of carbonyl (C=O) groups excluding carboxylic acids is 2. The van der Waals surface area contributed by atoms with E-state index >= 15 is 0 Å². The van der Waals surface area contributed by atoms with Crippen LogP contribution in [0.15, 0.2) is 29.4 Å². The minimum absolute atomic E-state index is 0.125. The minimum Gasteiger partial charge on any atom is -0.466 e. The molecular weight excluding hydrogens is 226 g/mol. The van der Waals surface area contributed by atoms with E-state index in [-0.39, 0.29) is 18.0 Å². The maximum atomic E-state index is 11.4. The molecule has 0 bridgehead atoms. The number of aromatic nitrogens is 1. The van der Waals surface area contributed by atoms with Crippen LogP contribution in [0.2, 0.25) is 0 Å². The molecule has 0 fully saturated rings. The third-order valence-corrected chi connectivity index (χ3v) is 2.77. The second-order valence-corrected chi connectivity index (χ2v) is 4.04. The Labute approximate surface area is 98.4 Å². The van der Waals surface area contributed by atoms with E-state index in [1.807, 2.05) is 12.1 Å². The summed E-state index contributed by atoms with van der Waals surface area (Å²) in [5, 5.41) is 0. The van der Waals surface area contributed by atoms with Crippen molar-refractivity contribution in [3.63, 3.8) is 0 Å². The van der Waals surface area contributed by atoms with Gasteiger partial charge in [-0.05, 0) is 19.1 Å². The third-order valence-electron chi connectivity index (χ3n) is 1.70. The number of nitrogens with zero attached hydrogens (tertiary/aromatic N) is 1. The largest absolute Gasteiger partial charge is 0.466 e. The third kappa shape index (κ3) is 4.93. The Kier molecular flexibility index (Phi) is 5.56. The summed E-state index contributed by atoms with van der Waals surface area (Å²) >= 11 is 1.39. The highest BCUT2D eigenvalue weighted by Gasteiger charge is 2.10. The molecule has 4 nitrogen and oxygen atoms in total. The van der Waals surface area contributed by atoms with Gasteiger partial charge in [-0.15, -0.1) is 11.8 Å². The van der Waals surface area contributed by atoms with Gasteiger partial charge in [0.1, 0.15) is 6.42 Å². The summed E-state index contributed by atoms with van der Waals surface area (Å²) in [6.07, 6.45) is 3.18. The maximum Gasteiger partial charge on any atom is 0.313 e. The van der Waals surface area contributed by atoms with Crippen LogP contribution in [0.5, 0.6) is 0 Å². The van der Waals surface area contributed by atoms with Crippen molar-refractivity contribution in [2.45, 2.75) is 18.2 Å². The Morgan fingerprint density at radius 2 is 2.06 bits per heavy atom. The number of hydrogen-bond donors (Lipinski definition) is 0. The van der Waals surface area contributed by atoms with Crippen LogP contribution in [0.1, 0.15) is 13.3 Å². The van der Waals surface area contributed by atoms with E-state index in [1.54, 1.807) is 19.3 Å². The Balaban J connectivity index is 2.28. The predicted molar refractivity (Wildman–Crippen MR) is 61.2 cm³/mol. The van der Waals surface area contributed by atoms with Gasteiger partial charge in [-0.25, -0.2) is 0 Å². The number of pyridine rings is 1. The Morgan fingerprint density at radius 3 is 2.69 bits per heavy atom.